The van der Waals surface area contributed by atoms with Gasteiger partial charge in [-0.05, 0) is 73.2 Å². The van der Waals surface area contributed by atoms with Crippen molar-refractivity contribution in [3.05, 3.63) is 101 Å². The standard InChI is InChI=1S/C42H46O20/c1-18-38(62-29(46)14-7-19-5-10-21(44)11-6-19)34(51)37(54)40(56-18)55-17-28-31(48)33(50)36(53)42(61-28)59-26-15-23-24(57-39(26)20-8-12-22(45)13-9-20)3-2-4-25(23)58-41-35(52)32(49)30(47)27(16-43)60-41/h2-15,18,27-28,30-38,40-44,47-54H,16-17H2,1H3/p+1/t18-,27+,28+,30+,31+,32-,33-,34-,35+,36+,37+,38-,40+,41+,42+/m0/s1. The third kappa shape index (κ3) is 9.62. The summed E-state index contributed by atoms with van der Waals surface area (Å²) in [5.74, 6) is -0.846. The molecule has 0 saturated carbocycles. The predicted octanol–water partition coefficient (Wildman–Crippen LogP) is -1.84. The number of benzene rings is 2. The number of aliphatic hydroxyl groups excluding tert-OH is 9. The van der Waals surface area contributed by atoms with E-state index in [0.29, 0.717) is 11.1 Å². The van der Waals surface area contributed by atoms with E-state index in [0.717, 1.165) is 0 Å². The number of allylic oxidation sites excluding steroid dienone is 5. The summed E-state index contributed by atoms with van der Waals surface area (Å²) in [4.78, 5) is 22.4. The fourth-order valence-electron chi connectivity index (χ4n) is 7.10. The maximum Gasteiger partial charge on any atom is 0.510 e. The van der Waals surface area contributed by atoms with Crippen LogP contribution < -0.4 is 9.47 Å². The first-order chi connectivity index (χ1) is 29.6. The van der Waals surface area contributed by atoms with Gasteiger partial charge in [0.15, 0.2) is 29.7 Å². The highest BCUT2D eigenvalue weighted by Gasteiger charge is 2.51. The first kappa shape index (κ1) is 45.0. The zero-order valence-corrected chi connectivity index (χ0v) is 32.8. The molecule has 4 heterocycles. The highest BCUT2D eigenvalue weighted by Crippen LogP contribution is 2.42. The molecule has 5 aliphatic rings. The van der Waals surface area contributed by atoms with Crippen LogP contribution in [0.3, 0.4) is 0 Å². The summed E-state index contributed by atoms with van der Waals surface area (Å²) in [5, 5.41) is 105. The molecule has 7 rings (SSSR count). The SMILES string of the molecule is C[C@@H]1O[C@@H](OC[C@H]2O[C@@H](OC3=Cc4c(cccc4O[C@@H]4O[C@H](CO)[C@@H](O)[C@H](O)[C@H]4O)OC3=C3C=CC(=O)C=C3)[C@H](O)[C@@H](O)[C@@H]2O)[C@H](O)[C@H](O)[C@H]1OC(=[OH+])C=Cc1ccc(O)cc1. The molecule has 334 valence electrons. The van der Waals surface area contributed by atoms with E-state index >= 15 is 0 Å². The average Bonchev–Trinajstić information content (AvgIpc) is 3.26. The highest BCUT2D eigenvalue weighted by atomic mass is 16.7. The quantitative estimate of drug-likeness (QED) is 0.0674. The van der Waals surface area contributed by atoms with Crippen molar-refractivity contribution in [2.75, 3.05) is 13.2 Å². The van der Waals surface area contributed by atoms with Crippen LogP contribution in [-0.2, 0) is 33.2 Å². The van der Waals surface area contributed by atoms with Crippen LogP contribution in [0.5, 0.6) is 17.2 Å². The Morgan fingerprint density at radius 2 is 1.37 bits per heavy atom. The molecule has 20 heteroatoms. The maximum absolute atomic E-state index is 12.0. The van der Waals surface area contributed by atoms with E-state index in [-0.39, 0.29) is 40.1 Å². The van der Waals surface area contributed by atoms with Crippen LogP contribution in [0.4, 0.5) is 0 Å². The van der Waals surface area contributed by atoms with Crippen molar-refractivity contribution < 1.29 is 98.5 Å². The summed E-state index contributed by atoms with van der Waals surface area (Å²) in [7, 11) is 0. The Hall–Kier alpha value is -5.04. The number of aliphatic hydroxyl groups is 9. The van der Waals surface area contributed by atoms with Crippen molar-refractivity contribution >= 4 is 23.9 Å². The molecule has 2 aromatic carbocycles. The van der Waals surface area contributed by atoms with Gasteiger partial charge in [0, 0.05) is 5.57 Å². The summed E-state index contributed by atoms with van der Waals surface area (Å²) in [5.41, 5.74) is 1.12. The van der Waals surface area contributed by atoms with Crippen LogP contribution in [-0.4, -0.2) is 173 Å². The lowest BCUT2D eigenvalue weighted by Gasteiger charge is -2.42. The molecule has 62 heavy (non-hydrogen) atoms. The van der Waals surface area contributed by atoms with Crippen molar-refractivity contribution in [1.82, 2.24) is 0 Å². The normalized spacial score (nSPS) is 35.9. The number of phenolic OH excluding ortho intramolecular Hbond substituents is 1. The molecule has 3 saturated heterocycles. The van der Waals surface area contributed by atoms with Crippen LogP contribution in [0, 0.1) is 0 Å². The van der Waals surface area contributed by atoms with Gasteiger partial charge >= 0.3 is 5.97 Å². The van der Waals surface area contributed by atoms with Crippen LogP contribution in [0.15, 0.2) is 89.9 Å². The summed E-state index contributed by atoms with van der Waals surface area (Å²) in [6, 6.07) is 10.6. The zero-order chi connectivity index (χ0) is 44.4. The van der Waals surface area contributed by atoms with Gasteiger partial charge in [0.2, 0.25) is 18.7 Å². The average molecular weight is 872 g/mol. The van der Waals surface area contributed by atoms with E-state index in [9.17, 15) is 60.7 Å². The smallest absolute Gasteiger partial charge is 0.508 e. The van der Waals surface area contributed by atoms with Gasteiger partial charge in [0.05, 0.1) is 24.9 Å². The van der Waals surface area contributed by atoms with Crippen LogP contribution in [0.2, 0.25) is 0 Å². The molecule has 11 N–H and O–H groups in total. The number of phenols is 1. The van der Waals surface area contributed by atoms with Gasteiger partial charge in [-0.15, -0.1) is 0 Å². The Morgan fingerprint density at radius 3 is 2.05 bits per heavy atom. The molecular formula is C42H47O20+. The molecule has 0 amide bonds. The minimum absolute atomic E-state index is 0.00229. The van der Waals surface area contributed by atoms with Gasteiger partial charge < -0.3 is 93.8 Å². The fourth-order valence-corrected chi connectivity index (χ4v) is 7.10. The second-order valence-electron chi connectivity index (χ2n) is 14.9. The van der Waals surface area contributed by atoms with Crippen LogP contribution in [0.25, 0.3) is 12.2 Å². The second-order valence-corrected chi connectivity index (χ2v) is 14.9. The van der Waals surface area contributed by atoms with Gasteiger partial charge in [-0.3, -0.25) is 4.79 Å². The van der Waals surface area contributed by atoms with E-state index in [1.54, 1.807) is 18.2 Å². The van der Waals surface area contributed by atoms with Crippen molar-refractivity contribution in [1.29, 1.82) is 0 Å². The third-order valence-corrected chi connectivity index (χ3v) is 10.6. The predicted molar refractivity (Wildman–Crippen MR) is 209 cm³/mol. The Labute approximate surface area is 352 Å². The van der Waals surface area contributed by atoms with Gasteiger partial charge in [-0.1, -0.05) is 18.2 Å². The lowest BCUT2D eigenvalue weighted by Crippen LogP contribution is -2.61. The number of ketones is 1. The van der Waals surface area contributed by atoms with Crippen molar-refractivity contribution in [2.24, 2.45) is 0 Å². The second kappa shape index (κ2) is 19.1. The lowest BCUT2D eigenvalue weighted by molar-refractivity contribution is -0.322. The number of fused-ring (bicyclic) bond motifs is 1. The molecule has 0 radical (unpaired) electrons. The van der Waals surface area contributed by atoms with E-state index in [2.05, 4.69) is 0 Å². The summed E-state index contributed by atoms with van der Waals surface area (Å²) >= 11 is 0. The van der Waals surface area contributed by atoms with Crippen molar-refractivity contribution in [2.45, 2.75) is 99.0 Å². The number of carbonyl (C=O) groups excluding carboxylic acids is 2. The van der Waals surface area contributed by atoms with Crippen LogP contribution >= 0.6 is 0 Å². The van der Waals surface area contributed by atoms with Crippen molar-refractivity contribution in [3.8, 4) is 17.2 Å². The number of ether oxygens (including phenoxy) is 8. The number of hydrogen-bond acceptors (Lipinski definition) is 19. The van der Waals surface area contributed by atoms with Gasteiger partial charge in [-0.2, -0.15) is 0 Å². The summed E-state index contributed by atoms with van der Waals surface area (Å²) in [6.45, 7) is 0.189. The molecule has 15 atom stereocenters. The number of esters is 1. The van der Waals surface area contributed by atoms with E-state index in [4.69, 9.17) is 37.9 Å². The molecule has 20 nitrogen and oxygen atoms in total. The molecule has 2 aromatic rings. The monoisotopic (exact) mass is 871 g/mol. The number of aromatic hydroxyl groups is 1. The van der Waals surface area contributed by atoms with Gasteiger partial charge in [-0.25, -0.2) is 0 Å². The molecule has 0 spiro atoms. The van der Waals surface area contributed by atoms with Crippen molar-refractivity contribution in [3.63, 3.8) is 0 Å². The number of hydrogen-bond donors (Lipinski definition) is 10. The van der Waals surface area contributed by atoms with E-state index in [1.165, 1.54) is 73.7 Å². The Kier molecular flexibility index (Phi) is 13.9. The Morgan fingerprint density at radius 1 is 0.742 bits per heavy atom. The summed E-state index contributed by atoms with van der Waals surface area (Å²) < 4.78 is 46.6. The fraction of sp³-hybridized carbons (Fsp3) is 0.429. The topological polar surface area (TPSA) is 315 Å². The minimum Gasteiger partial charge on any atom is -0.508 e. The van der Waals surface area contributed by atoms with Gasteiger partial charge in [0.25, 0.3) is 0 Å². The zero-order valence-electron chi connectivity index (χ0n) is 32.8. The molecular weight excluding hydrogens is 824 g/mol. The molecule has 4 aliphatic heterocycles. The molecule has 0 bridgehead atoms. The Bertz CT molecular complexity index is 2080. The van der Waals surface area contributed by atoms with Gasteiger partial charge in [0.1, 0.15) is 78.3 Å². The molecule has 3 fully saturated rings. The minimum atomic E-state index is -1.89. The lowest BCUT2D eigenvalue weighted by atomic mass is 9.98. The number of rotatable bonds is 11. The number of carbonyl (C=O) groups is 1. The molecule has 0 aromatic heterocycles. The Balaban J connectivity index is 1.06. The first-order valence-electron chi connectivity index (χ1n) is 19.5. The van der Waals surface area contributed by atoms with E-state index in [1.807, 2.05) is 0 Å². The first-order valence-corrected chi connectivity index (χ1v) is 19.5. The van der Waals surface area contributed by atoms with E-state index < -0.39 is 111 Å². The maximum atomic E-state index is 12.0. The third-order valence-electron chi connectivity index (χ3n) is 10.6. The molecule has 1 aliphatic carbocycles. The van der Waals surface area contributed by atoms with Crippen LogP contribution in [0.1, 0.15) is 18.1 Å². The largest absolute Gasteiger partial charge is 0.510 e. The molecule has 0 unspecified atom stereocenters. The summed E-state index contributed by atoms with van der Waals surface area (Å²) in [6.07, 6.45) is -14.4. The highest BCUT2D eigenvalue weighted by molar-refractivity contribution is 6.01.